The molecule has 0 bridgehead atoms. The molecule has 2 heterocycles. The molecule has 11 heavy (non-hydrogen) atoms. The largest absolute Gasteiger partial charge is 0.375 e. The summed E-state index contributed by atoms with van der Waals surface area (Å²) in [5.74, 6) is 0.752. The summed E-state index contributed by atoms with van der Waals surface area (Å²) in [7, 11) is 0. The summed E-state index contributed by atoms with van der Waals surface area (Å²) < 4.78 is 11.2. The van der Waals surface area contributed by atoms with E-state index in [9.17, 15) is 0 Å². The lowest BCUT2D eigenvalue weighted by atomic mass is 9.82. The zero-order chi connectivity index (χ0) is 7.26. The van der Waals surface area contributed by atoms with Gasteiger partial charge in [-0.1, -0.05) is 12.8 Å². The first-order valence-electron chi connectivity index (χ1n) is 4.72. The molecule has 0 unspecified atom stereocenters. The van der Waals surface area contributed by atoms with Crippen LogP contribution in [0.1, 0.15) is 25.7 Å². The molecule has 62 valence electrons. The summed E-state index contributed by atoms with van der Waals surface area (Å²) in [4.78, 5) is 0. The normalized spacial score (nSPS) is 54.5. The third-order valence-electron chi connectivity index (χ3n) is 3.27. The highest BCUT2D eigenvalue weighted by Gasteiger charge is 2.52. The number of fused-ring (bicyclic) bond motifs is 3. The van der Waals surface area contributed by atoms with E-state index in [1.54, 1.807) is 0 Å². The molecule has 0 aromatic carbocycles. The molecule has 4 atom stereocenters. The molecule has 0 amide bonds. The van der Waals surface area contributed by atoms with Crippen LogP contribution < -0.4 is 0 Å². The van der Waals surface area contributed by atoms with Gasteiger partial charge in [-0.25, -0.2) is 0 Å². The van der Waals surface area contributed by atoms with Gasteiger partial charge in [0, 0.05) is 5.92 Å². The lowest BCUT2D eigenvalue weighted by molar-refractivity contribution is -0.0305. The average molecular weight is 154 g/mol. The van der Waals surface area contributed by atoms with Crippen LogP contribution in [0, 0.1) is 5.92 Å². The minimum absolute atomic E-state index is 0.481. The summed E-state index contributed by atoms with van der Waals surface area (Å²) in [6.07, 6.45) is 6.98. The van der Waals surface area contributed by atoms with Crippen LogP contribution in [0.15, 0.2) is 0 Å². The molecular formula is C9H14O2. The molecule has 2 heteroatoms. The lowest BCUT2D eigenvalue weighted by Crippen LogP contribution is -2.37. The molecule has 1 saturated carbocycles. The van der Waals surface area contributed by atoms with Crippen molar-refractivity contribution in [3.05, 3.63) is 0 Å². The van der Waals surface area contributed by atoms with Crippen LogP contribution in [0.5, 0.6) is 0 Å². The number of epoxide rings is 1. The second-order valence-electron chi connectivity index (χ2n) is 3.96. The Morgan fingerprint density at radius 1 is 1.00 bits per heavy atom. The van der Waals surface area contributed by atoms with Gasteiger partial charge in [0.15, 0.2) is 0 Å². The van der Waals surface area contributed by atoms with Crippen LogP contribution in [-0.2, 0) is 9.47 Å². The molecule has 0 N–H and O–H groups in total. The first-order chi connectivity index (χ1) is 5.45. The van der Waals surface area contributed by atoms with Crippen molar-refractivity contribution in [3.8, 4) is 0 Å². The third kappa shape index (κ3) is 0.926. The van der Waals surface area contributed by atoms with E-state index in [0.29, 0.717) is 18.3 Å². The SMILES string of the molecule is C1CC[C@H]2OC[C@H]3O[C@@H]3[C@@H]2C1. The Morgan fingerprint density at radius 3 is 2.91 bits per heavy atom. The zero-order valence-corrected chi connectivity index (χ0v) is 6.66. The van der Waals surface area contributed by atoms with Crippen LogP contribution in [0.3, 0.4) is 0 Å². The Labute approximate surface area is 66.9 Å². The van der Waals surface area contributed by atoms with Gasteiger partial charge < -0.3 is 9.47 Å². The Bertz CT molecular complexity index is 169. The van der Waals surface area contributed by atoms with Crippen LogP contribution in [-0.4, -0.2) is 24.9 Å². The molecule has 2 saturated heterocycles. The van der Waals surface area contributed by atoms with Gasteiger partial charge in [-0.2, -0.15) is 0 Å². The molecule has 0 aromatic heterocycles. The van der Waals surface area contributed by atoms with Crippen molar-refractivity contribution in [1.82, 2.24) is 0 Å². The highest BCUT2D eigenvalue weighted by atomic mass is 16.6. The quantitative estimate of drug-likeness (QED) is 0.491. The Hall–Kier alpha value is -0.0800. The minimum Gasteiger partial charge on any atom is -0.375 e. The molecule has 3 rings (SSSR count). The van der Waals surface area contributed by atoms with Crippen LogP contribution in [0.4, 0.5) is 0 Å². The molecule has 3 fully saturated rings. The maximum atomic E-state index is 5.71. The summed E-state index contributed by atoms with van der Waals surface area (Å²) in [5, 5.41) is 0. The first kappa shape index (κ1) is 6.44. The summed E-state index contributed by atoms with van der Waals surface area (Å²) in [6, 6.07) is 0. The van der Waals surface area contributed by atoms with Gasteiger partial charge in [-0.15, -0.1) is 0 Å². The van der Waals surface area contributed by atoms with Crippen molar-refractivity contribution in [2.24, 2.45) is 5.92 Å². The van der Waals surface area contributed by atoms with Gasteiger partial charge in [0.1, 0.15) is 6.10 Å². The van der Waals surface area contributed by atoms with E-state index < -0.39 is 0 Å². The first-order valence-corrected chi connectivity index (χ1v) is 4.72. The number of hydrogen-bond acceptors (Lipinski definition) is 2. The molecule has 0 spiro atoms. The Balaban J connectivity index is 1.76. The van der Waals surface area contributed by atoms with Crippen LogP contribution in [0.2, 0.25) is 0 Å². The summed E-state index contributed by atoms with van der Waals surface area (Å²) in [6.45, 7) is 0.867. The van der Waals surface area contributed by atoms with Crippen molar-refractivity contribution in [2.45, 2.75) is 44.0 Å². The number of rotatable bonds is 0. The number of ether oxygens (including phenoxy) is 2. The molecule has 0 aromatic rings. The third-order valence-corrected chi connectivity index (χ3v) is 3.27. The highest BCUT2D eigenvalue weighted by Crippen LogP contribution is 2.43. The maximum absolute atomic E-state index is 5.71. The zero-order valence-electron chi connectivity index (χ0n) is 6.66. The molecule has 1 aliphatic carbocycles. The predicted molar refractivity (Wildman–Crippen MR) is 40.4 cm³/mol. The fraction of sp³-hybridized carbons (Fsp3) is 1.00. The van der Waals surface area contributed by atoms with E-state index in [-0.39, 0.29) is 0 Å². The topological polar surface area (TPSA) is 21.8 Å². The standard InChI is InChI=1S/C9H14O2/c1-2-4-7-6(3-1)9-8(11-9)5-10-7/h6-9H,1-5H2/t6-,7-,8-,9-/m1/s1. The van der Waals surface area contributed by atoms with E-state index in [0.717, 1.165) is 12.5 Å². The van der Waals surface area contributed by atoms with Gasteiger partial charge >= 0.3 is 0 Å². The monoisotopic (exact) mass is 154 g/mol. The van der Waals surface area contributed by atoms with Gasteiger partial charge in [0.2, 0.25) is 0 Å². The maximum Gasteiger partial charge on any atom is 0.108 e. The Kier molecular flexibility index (Phi) is 1.29. The molecule has 2 nitrogen and oxygen atoms in total. The highest BCUT2D eigenvalue weighted by molar-refractivity contribution is 4.98. The van der Waals surface area contributed by atoms with Crippen molar-refractivity contribution in [3.63, 3.8) is 0 Å². The fourth-order valence-electron chi connectivity index (χ4n) is 2.59. The van der Waals surface area contributed by atoms with Gasteiger partial charge in [-0.05, 0) is 12.8 Å². The summed E-state index contributed by atoms with van der Waals surface area (Å²) in [5.41, 5.74) is 0. The van der Waals surface area contributed by atoms with Gasteiger partial charge in [0.05, 0.1) is 18.8 Å². The van der Waals surface area contributed by atoms with E-state index in [1.807, 2.05) is 0 Å². The minimum atomic E-state index is 0.481. The second-order valence-corrected chi connectivity index (χ2v) is 3.96. The van der Waals surface area contributed by atoms with Crippen molar-refractivity contribution < 1.29 is 9.47 Å². The van der Waals surface area contributed by atoms with E-state index in [1.165, 1.54) is 25.7 Å². The van der Waals surface area contributed by atoms with Crippen molar-refractivity contribution >= 4 is 0 Å². The Morgan fingerprint density at radius 2 is 1.91 bits per heavy atom. The predicted octanol–water partition coefficient (Wildman–Crippen LogP) is 1.34. The molecule has 3 aliphatic rings. The van der Waals surface area contributed by atoms with E-state index in [4.69, 9.17) is 9.47 Å². The molecular weight excluding hydrogens is 140 g/mol. The van der Waals surface area contributed by atoms with E-state index >= 15 is 0 Å². The average Bonchev–Trinajstić information content (AvgIpc) is 2.83. The second kappa shape index (κ2) is 2.20. The number of hydrogen-bond donors (Lipinski definition) is 0. The van der Waals surface area contributed by atoms with Crippen LogP contribution in [0.25, 0.3) is 0 Å². The van der Waals surface area contributed by atoms with Crippen molar-refractivity contribution in [2.75, 3.05) is 6.61 Å². The summed E-state index contributed by atoms with van der Waals surface area (Å²) >= 11 is 0. The molecule has 0 radical (unpaired) electrons. The van der Waals surface area contributed by atoms with Gasteiger partial charge in [0.25, 0.3) is 0 Å². The fourth-order valence-corrected chi connectivity index (χ4v) is 2.59. The van der Waals surface area contributed by atoms with E-state index in [2.05, 4.69) is 0 Å². The van der Waals surface area contributed by atoms with Crippen LogP contribution >= 0.6 is 0 Å². The molecule has 2 aliphatic heterocycles. The lowest BCUT2D eigenvalue weighted by Gasteiger charge is -2.32. The van der Waals surface area contributed by atoms with Gasteiger partial charge in [-0.3, -0.25) is 0 Å². The van der Waals surface area contributed by atoms with Crippen molar-refractivity contribution in [1.29, 1.82) is 0 Å². The smallest absolute Gasteiger partial charge is 0.108 e.